The molecule has 0 aromatic carbocycles. The third-order valence-corrected chi connectivity index (χ3v) is 1.24. The van der Waals surface area contributed by atoms with Crippen LogP contribution in [-0.4, -0.2) is 18.2 Å². The smallest absolute Gasteiger partial charge is 0.257 e. The molecule has 0 aliphatic rings. The highest BCUT2D eigenvalue weighted by molar-refractivity contribution is 5.31. The van der Waals surface area contributed by atoms with Crippen molar-refractivity contribution < 1.29 is 9.47 Å². The van der Waals surface area contributed by atoms with Crippen LogP contribution in [-0.2, 0) is 0 Å². The highest BCUT2D eigenvalue weighted by Crippen LogP contribution is 2.22. The molecule has 0 amide bonds. The molecule has 0 fully saturated rings. The van der Waals surface area contributed by atoms with Crippen molar-refractivity contribution in [1.82, 2.24) is 4.98 Å². The second kappa shape index (κ2) is 4.59. The second-order valence-corrected chi connectivity index (χ2v) is 2.09. The van der Waals surface area contributed by atoms with Crippen molar-refractivity contribution in [3.63, 3.8) is 0 Å². The molecule has 0 saturated carbocycles. The van der Waals surface area contributed by atoms with Gasteiger partial charge in [0.05, 0.1) is 13.2 Å². The summed E-state index contributed by atoms with van der Waals surface area (Å²) in [5.41, 5.74) is 0. The first-order valence-electron chi connectivity index (χ1n) is 4.00. The number of hydrogen-bond donors (Lipinski definition) is 0. The third-order valence-electron chi connectivity index (χ3n) is 1.24. The lowest BCUT2D eigenvalue weighted by atomic mass is 10.4. The SMILES string of the molecule is CCOc1[c]ccnc1OCC. The van der Waals surface area contributed by atoms with Crippen LogP contribution in [0.2, 0.25) is 0 Å². The number of ether oxygens (including phenoxy) is 2. The van der Waals surface area contributed by atoms with Gasteiger partial charge in [0.15, 0.2) is 5.75 Å². The van der Waals surface area contributed by atoms with Crippen LogP contribution in [0.3, 0.4) is 0 Å². The topological polar surface area (TPSA) is 31.4 Å². The van der Waals surface area contributed by atoms with Gasteiger partial charge in [0, 0.05) is 12.3 Å². The van der Waals surface area contributed by atoms with Gasteiger partial charge in [-0.25, -0.2) is 4.98 Å². The van der Waals surface area contributed by atoms with E-state index in [1.54, 1.807) is 12.3 Å². The molecule has 1 rings (SSSR count). The van der Waals surface area contributed by atoms with E-state index >= 15 is 0 Å². The summed E-state index contributed by atoms with van der Waals surface area (Å²) >= 11 is 0. The van der Waals surface area contributed by atoms with Crippen LogP contribution in [0.25, 0.3) is 0 Å². The van der Waals surface area contributed by atoms with Crippen molar-refractivity contribution in [2.24, 2.45) is 0 Å². The molecule has 0 N–H and O–H groups in total. The third kappa shape index (κ3) is 2.12. The number of hydrogen-bond acceptors (Lipinski definition) is 3. The summed E-state index contributed by atoms with van der Waals surface area (Å²) in [6.45, 7) is 5.01. The lowest BCUT2D eigenvalue weighted by Crippen LogP contribution is -1.99. The quantitative estimate of drug-likeness (QED) is 0.682. The van der Waals surface area contributed by atoms with E-state index in [2.05, 4.69) is 11.1 Å². The van der Waals surface area contributed by atoms with Gasteiger partial charge >= 0.3 is 0 Å². The summed E-state index contributed by atoms with van der Waals surface area (Å²) in [5.74, 6) is 1.10. The predicted octanol–water partition coefficient (Wildman–Crippen LogP) is 1.68. The van der Waals surface area contributed by atoms with E-state index in [1.165, 1.54) is 0 Å². The lowest BCUT2D eigenvalue weighted by molar-refractivity contribution is 0.277. The molecular weight excluding hydrogens is 154 g/mol. The van der Waals surface area contributed by atoms with Gasteiger partial charge in [-0.3, -0.25) is 0 Å². The monoisotopic (exact) mass is 166 g/mol. The molecule has 1 radical (unpaired) electrons. The molecule has 1 aromatic rings. The summed E-state index contributed by atoms with van der Waals surface area (Å²) in [7, 11) is 0. The van der Waals surface area contributed by atoms with Crippen LogP contribution in [0.4, 0.5) is 0 Å². The number of aromatic nitrogens is 1. The first-order valence-corrected chi connectivity index (χ1v) is 4.00. The van der Waals surface area contributed by atoms with Gasteiger partial charge in [0.1, 0.15) is 0 Å². The first-order chi connectivity index (χ1) is 5.88. The Hall–Kier alpha value is -1.25. The maximum absolute atomic E-state index is 5.25. The van der Waals surface area contributed by atoms with E-state index in [4.69, 9.17) is 9.47 Å². The fraction of sp³-hybridized carbons (Fsp3) is 0.444. The van der Waals surface area contributed by atoms with E-state index in [1.807, 2.05) is 13.8 Å². The normalized spacial score (nSPS) is 9.50. The summed E-state index contributed by atoms with van der Waals surface area (Å²) in [5, 5.41) is 0. The second-order valence-electron chi connectivity index (χ2n) is 2.09. The Labute approximate surface area is 72.3 Å². The zero-order chi connectivity index (χ0) is 8.81. The Morgan fingerprint density at radius 1 is 1.33 bits per heavy atom. The summed E-state index contributed by atoms with van der Waals surface area (Å²) in [6.07, 6.45) is 1.63. The molecule has 3 nitrogen and oxygen atoms in total. The molecule has 65 valence electrons. The lowest BCUT2D eigenvalue weighted by Gasteiger charge is -2.07. The fourth-order valence-corrected chi connectivity index (χ4v) is 0.826. The molecule has 12 heavy (non-hydrogen) atoms. The average molecular weight is 166 g/mol. The Morgan fingerprint density at radius 2 is 2.08 bits per heavy atom. The van der Waals surface area contributed by atoms with Crippen LogP contribution in [0, 0.1) is 6.07 Å². The maximum atomic E-state index is 5.25. The molecule has 0 atom stereocenters. The number of pyridine rings is 1. The van der Waals surface area contributed by atoms with Gasteiger partial charge in [0.2, 0.25) is 0 Å². The minimum atomic E-state index is 0.516. The van der Waals surface area contributed by atoms with Crippen molar-refractivity contribution >= 4 is 0 Å². The minimum Gasteiger partial charge on any atom is -0.488 e. The molecule has 1 heterocycles. The summed E-state index contributed by atoms with van der Waals surface area (Å²) < 4.78 is 10.5. The van der Waals surface area contributed by atoms with Gasteiger partial charge in [-0.15, -0.1) is 0 Å². The Bertz CT molecular complexity index is 213. The predicted molar refractivity (Wildman–Crippen MR) is 45.4 cm³/mol. The van der Waals surface area contributed by atoms with Crippen molar-refractivity contribution in [3.8, 4) is 11.6 Å². The van der Waals surface area contributed by atoms with Crippen LogP contribution in [0.1, 0.15) is 13.8 Å². The maximum Gasteiger partial charge on any atom is 0.257 e. The zero-order valence-electron chi connectivity index (χ0n) is 7.33. The van der Waals surface area contributed by atoms with Gasteiger partial charge < -0.3 is 9.47 Å². The van der Waals surface area contributed by atoms with E-state index < -0.39 is 0 Å². The molecular formula is C9H12NO2. The van der Waals surface area contributed by atoms with E-state index in [9.17, 15) is 0 Å². The zero-order valence-corrected chi connectivity index (χ0v) is 7.33. The number of nitrogens with zero attached hydrogens (tertiary/aromatic N) is 1. The van der Waals surface area contributed by atoms with E-state index in [-0.39, 0.29) is 0 Å². The molecule has 0 unspecified atom stereocenters. The molecule has 0 bridgehead atoms. The molecule has 3 heteroatoms. The largest absolute Gasteiger partial charge is 0.488 e. The highest BCUT2D eigenvalue weighted by atomic mass is 16.5. The van der Waals surface area contributed by atoms with Crippen molar-refractivity contribution in [2.75, 3.05) is 13.2 Å². The van der Waals surface area contributed by atoms with Crippen molar-refractivity contribution in [1.29, 1.82) is 0 Å². The van der Waals surface area contributed by atoms with Crippen molar-refractivity contribution in [3.05, 3.63) is 18.3 Å². The van der Waals surface area contributed by atoms with E-state index in [0.717, 1.165) is 0 Å². The Balaban J connectivity index is 2.77. The molecule has 1 aromatic heterocycles. The Morgan fingerprint density at radius 3 is 2.75 bits per heavy atom. The van der Waals surface area contributed by atoms with Crippen LogP contribution in [0.15, 0.2) is 12.3 Å². The van der Waals surface area contributed by atoms with Crippen LogP contribution < -0.4 is 9.47 Å². The molecule has 0 spiro atoms. The van der Waals surface area contributed by atoms with E-state index in [0.29, 0.717) is 24.8 Å². The van der Waals surface area contributed by atoms with Crippen LogP contribution >= 0.6 is 0 Å². The first kappa shape index (κ1) is 8.84. The van der Waals surface area contributed by atoms with Gasteiger partial charge in [-0.05, 0) is 19.9 Å². The van der Waals surface area contributed by atoms with Crippen LogP contribution in [0.5, 0.6) is 11.6 Å². The minimum absolute atomic E-state index is 0.516. The fourth-order valence-electron chi connectivity index (χ4n) is 0.826. The highest BCUT2D eigenvalue weighted by Gasteiger charge is 2.03. The Kier molecular flexibility index (Phi) is 3.38. The van der Waals surface area contributed by atoms with Gasteiger partial charge in [-0.1, -0.05) is 0 Å². The standard InChI is InChI=1S/C9H12NO2/c1-3-11-8-6-5-7-10-9(8)12-4-2/h5,7H,3-4H2,1-2H3. The molecule has 0 saturated heterocycles. The summed E-state index contributed by atoms with van der Waals surface area (Å²) in [4.78, 5) is 4.01. The average Bonchev–Trinajstić information content (AvgIpc) is 2.09. The summed E-state index contributed by atoms with van der Waals surface area (Å²) in [6, 6.07) is 4.61. The van der Waals surface area contributed by atoms with Gasteiger partial charge in [0.25, 0.3) is 5.88 Å². The number of rotatable bonds is 4. The van der Waals surface area contributed by atoms with Gasteiger partial charge in [-0.2, -0.15) is 0 Å². The van der Waals surface area contributed by atoms with Crippen molar-refractivity contribution in [2.45, 2.75) is 13.8 Å². The molecule has 0 aliphatic heterocycles. The molecule has 0 aliphatic carbocycles.